The van der Waals surface area contributed by atoms with Crippen LogP contribution in [-0.2, 0) is 11.8 Å². The van der Waals surface area contributed by atoms with Crippen molar-refractivity contribution in [3.05, 3.63) is 33.5 Å². The van der Waals surface area contributed by atoms with E-state index in [9.17, 15) is 4.39 Å². The van der Waals surface area contributed by atoms with Crippen LogP contribution in [0.25, 0.3) is 0 Å². The Morgan fingerprint density at radius 2 is 2.13 bits per heavy atom. The average molecular weight is 272 g/mol. The minimum absolute atomic E-state index is 0.0716. The van der Waals surface area contributed by atoms with Gasteiger partial charge in [0.25, 0.3) is 0 Å². The molecule has 0 atom stereocenters. The van der Waals surface area contributed by atoms with Gasteiger partial charge in [0.15, 0.2) is 0 Å². The second kappa shape index (κ2) is 3.87. The highest BCUT2D eigenvalue weighted by Gasteiger charge is 2.45. The molecular weight excluding hydrogens is 257 g/mol. The zero-order valence-corrected chi connectivity index (χ0v) is 10.4. The van der Waals surface area contributed by atoms with Crippen LogP contribution in [0.15, 0.2) is 16.6 Å². The van der Waals surface area contributed by atoms with Gasteiger partial charge >= 0.3 is 0 Å². The molecule has 1 aromatic carbocycles. The van der Waals surface area contributed by atoms with E-state index in [1.54, 1.807) is 0 Å². The van der Waals surface area contributed by atoms with Crippen molar-refractivity contribution < 1.29 is 4.39 Å². The van der Waals surface area contributed by atoms with Crippen LogP contribution < -0.4 is 5.73 Å². The number of aryl methyl sites for hydroxylation is 1. The summed E-state index contributed by atoms with van der Waals surface area (Å²) in [6.45, 7) is 2.62. The Bertz CT molecular complexity index is 385. The van der Waals surface area contributed by atoms with Gasteiger partial charge in [-0.25, -0.2) is 4.39 Å². The molecule has 2 rings (SSSR count). The standard InChI is InChI=1S/C12H15BrFN/c1-2-8-5-9(11(14)10(13)6-8)12(7-15)3-4-12/h5-6H,2-4,7,15H2,1H3. The molecule has 1 saturated carbocycles. The van der Waals surface area contributed by atoms with E-state index in [1.165, 1.54) is 0 Å². The van der Waals surface area contributed by atoms with Crippen LogP contribution in [0.2, 0.25) is 0 Å². The van der Waals surface area contributed by atoms with E-state index < -0.39 is 0 Å². The van der Waals surface area contributed by atoms with E-state index in [0.717, 1.165) is 30.4 Å². The molecule has 2 N–H and O–H groups in total. The zero-order valence-electron chi connectivity index (χ0n) is 8.82. The molecule has 0 bridgehead atoms. The van der Waals surface area contributed by atoms with Crippen molar-refractivity contribution in [1.82, 2.24) is 0 Å². The van der Waals surface area contributed by atoms with Crippen LogP contribution in [0.1, 0.15) is 30.9 Å². The first-order chi connectivity index (χ1) is 7.13. The van der Waals surface area contributed by atoms with Crippen LogP contribution in [0.4, 0.5) is 4.39 Å². The zero-order chi connectivity index (χ0) is 11.1. The maximum atomic E-state index is 13.9. The summed E-state index contributed by atoms with van der Waals surface area (Å²) in [6.07, 6.45) is 2.95. The smallest absolute Gasteiger partial charge is 0.141 e. The van der Waals surface area contributed by atoms with Crippen molar-refractivity contribution in [2.24, 2.45) is 5.73 Å². The van der Waals surface area contributed by atoms with Gasteiger partial charge in [-0.1, -0.05) is 13.0 Å². The van der Waals surface area contributed by atoms with E-state index in [-0.39, 0.29) is 11.2 Å². The van der Waals surface area contributed by atoms with Gasteiger partial charge in [-0.15, -0.1) is 0 Å². The lowest BCUT2D eigenvalue weighted by Gasteiger charge is -2.16. The lowest BCUT2D eigenvalue weighted by Crippen LogP contribution is -2.21. The molecule has 1 aliphatic carbocycles. The number of benzene rings is 1. The van der Waals surface area contributed by atoms with E-state index in [4.69, 9.17) is 5.73 Å². The van der Waals surface area contributed by atoms with E-state index >= 15 is 0 Å². The quantitative estimate of drug-likeness (QED) is 0.898. The monoisotopic (exact) mass is 271 g/mol. The minimum Gasteiger partial charge on any atom is -0.330 e. The van der Waals surface area contributed by atoms with Gasteiger partial charge in [0, 0.05) is 12.0 Å². The van der Waals surface area contributed by atoms with Gasteiger partial charge in [-0.05, 0) is 52.4 Å². The summed E-state index contributed by atoms with van der Waals surface area (Å²) in [4.78, 5) is 0. The summed E-state index contributed by atoms with van der Waals surface area (Å²) in [5.74, 6) is -0.129. The summed E-state index contributed by atoms with van der Waals surface area (Å²) in [5, 5.41) is 0. The fourth-order valence-electron chi connectivity index (χ4n) is 1.97. The molecule has 0 spiro atoms. The molecule has 0 heterocycles. The maximum absolute atomic E-state index is 13.9. The predicted octanol–water partition coefficient (Wildman–Crippen LogP) is 3.14. The van der Waals surface area contributed by atoms with Crippen molar-refractivity contribution in [2.45, 2.75) is 31.6 Å². The Hall–Kier alpha value is -0.410. The van der Waals surface area contributed by atoms with Gasteiger partial charge in [0.1, 0.15) is 5.82 Å². The third-order valence-corrected chi connectivity index (χ3v) is 3.89. The number of rotatable bonds is 3. The third-order valence-electron chi connectivity index (χ3n) is 3.31. The Morgan fingerprint density at radius 3 is 2.60 bits per heavy atom. The first-order valence-electron chi connectivity index (χ1n) is 5.31. The second-order valence-electron chi connectivity index (χ2n) is 4.28. The fourth-order valence-corrected chi connectivity index (χ4v) is 2.48. The number of hydrogen-bond donors (Lipinski definition) is 1. The molecule has 0 radical (unpaired) electrons. The van der Waals surface area contributed by atoms with Gasteiger partial charge in [0.05, 0.1) is 4.47 Å². The topological polar surface area (TPSA) is 26.0 Å². The van der Waals surface area contributed by atoms with Crippen LogP contribution >= 0.6 is 15.9 Å². The molecule has 1 aliphatic rings. The normalized spacial score (nSPS) is 17.9. The predicted molar refractivity (Wildman–Crippen MR) is 63.4 cm³/mol. The van der Waals surface area contributed by atoms with Gasteiger partial charge in [-0.3, -0.25) is 0 Å². The Morgan fingerprint density at radius 1 is 1.47 bits per heavy atom. The molecule has 1 fully saturated rings. The van der Waals surface area contributed by atoms with Crippen molar-refractivity contribution in [1.29, 1.82) is 0 Å². The second-order valence-corrected chi connectivity index (χ2v) is 5.13. The van der Waals surface area contributed by atoms with Crippen molar-refractivity contribution in [3.8, 4) is 0 Å². The van der Waals surface area contributed by atoms with E-state index in [1.807, 2.05) is 12.1 Å². The minimum atomic E-state index is -0.129. The summed E-state index contributed by atoms with van der Waals surface area (Å²) >= 11 is 3.27. The Kier molecular flexibility index (Phi) is 2.86. The highest BCUT2D eigenvalue weighted by Crippen LogP contribution is 2.49. The fraction of sp³-hybridized carbons (Fsp3) is 0.500. The first-order valence-corrected chi connectivity index (χ1v) is 6.11. The number of halogens is 2. The molecule has 0 aliphatic heterocycles. The SMILES string of the molecule is CCc1cc(Br)c(F)c(C2(CN)CC2)c1. The highest BCUT2D eigenvalue weighted by atomic mass is 79.9. The Labute approximate surface area is 98.0 Å². The first kappa shape index (κ1) is 11.1. The number of nitrogens with two attached hydrogens (primary N) is 1. The average Bonchev–Trinajstić information content (AvgIpc) is 3.02. The van der Waals surface area contributed by atoms with Gasteiger partial charge in [-0.2, -0.15) is 0 Å². The highest BCUT2D eigenvalue weighted by molar-refractivity contribution is 9.10. The lowest BCUT2D eigenvalue weighted by atomic mass is 9.93. The summed E-state index contributed by atoms with van der Waals surface area (Å²) in [5.41, 5.74) is 7.62. The van der Waals surface area contributed by atoms with Crippen molar-refractivity contribution in [3.63, 3.8) is 0 Å². The van der Waals surface area contributed by atoms with Gasteiger partial charge in [0.2, 0.25) is 0 Å². The summed E-state index contributed by atoms with van der Waals surface area (Å²) in [6, 6.07) is 3.82. The molecule has 1 aromatic rings. The largest absolute Gasteiger partial charge is 0.330 e. The van der Waals surface area contributed by atoms with E-state index in [0.29, 0.717) is 11.0 Å². The molecule has 15 heavy (non-hydrogen) atoms. The molecule has 1 nitrogen and oxygen atoms in total. The van der Waals surface area contributed by atoms with Crippen molar-refractivity contribution >= 4 is 15.9 Å². The Balaban J connectivity index is 2.50. The van der Waals surface area contributed by atoms with Crippen molar-refractivity contribution in [2.75, 3.05) is 6.54 Å². The number of hydrogen-bond acceptors (Lipinski definition) is 1. The molecule has 0 unspecified atom stereocenters. The molecule has 0 amide bonds. The third kappa shape index (κ3) is 1.83. The molecule has 82 valence electrons. The van der Waals surface area contributed by atoms with Crippen LogP contribution in [0.3, 0.4) is 0 Å². The molecule has 0 saturated heterocycles. The molecule has 3 heteroatoms. The van der Waals surface area contributed by atoms with Crippen LogP contribution in [0, 0.1) is 5.82 Å². The molecule has 0 aromatic heterocycles. The van der Waals surface area contributed by atoms with Crippen LogP contribution in [-0.4, -0.2) is 6.54 Å². The maximum Gasteiger partial charge on any atom is 0.141 e. The summed E-state index contributed by atoms with van der Waals surface area (Å²) < 4.78 is 14.5. The van der Waals surface area contributed by atoms with E-state index in [2.05, 4.69) is 22.9 Å². The lowest BCUT2D eigenvalue weighted by molar-refractivity contribution is 0.566. The summed E-state index contributed by atoms with van der Waals surface area (Å²) in [7, 11) is 0. The van der Waals surface area contributed by atoms with Gasteiger partial charge < -0.3 is 5.73 Å². The van der Waals surface area contributed by atoms with Crippen LogP contribution in [0.5, 0.6) is 0 Å². The molecular formula is C12H15BrFN.